The lowest BCUT2D eigenvalue weighted by molar-refractivity contribution is -0.387. The average molecular weight is 415 g/mol. The molecule has 0 saturated carbocycles. The van der Waals surface area contributed by atoms with Gasteiger partial charge in [-0.3, -0.25) is 14.9 Å². The predicted octanol–water partition coefficient (Wildman–Crippen LogP) is 4.35. The minimum Gasteiger partial charge on any atom is -0.460 e. The van der Waals surface area contributed by atoms with Gasteiger partial charge in [-0.2, -0.15) is 0 Å². The fraction of sp³-hybridized carbons (Fsp3) is 0.200. The first-order chi connectivity index (χ1) is 14.0. The van der Waals surface area contributed by atoms with Crippen molar-refractivity contribution in [3.8, 4) is 0 Å². The number of para-hydroxylation sites is 2. The topological polar surface area (TPSA) is 109 Å². The number of rotatable bonds is 8. The van der Waals surface area contributed by atoms with E-state index in [1.807, 2.05) is 0 Å². The van der Waals surface area contributed by atoms with Crippen molar-refractivity contribution in [2.45, 2.75) is 18.4 Å². The molecule has 0 N–H and O–H groups in total. The largest absolute Gasteiger partial charge is 0.460 e. The Labute approximate surface area is 169 Å². The molecule has 0 radical (unpaired) electrons. The van der Waals surface area contributed by atoms with Gasteiger partial charge in [0.05, 0.1) is 27.7 Å². The zero-order chi connectivity index (χ0) is 20.8. The maximum atomic E-state index is 12.2. The van der Waals surface area contributed by atoms with E-state index in [-0.39, 0.29) is 30.4 Å². The third kappa shape index (κ3) is 4.75. The van der Waals surface area contributed by atoms with Crippen LogP contribution in [0.25, 0.3) is 11.0 Å². The van der Waals surface area contributed by atoms with Crippen LogP contribution in [0.5, 0.6) is 0 Å². The van der Waals surface area contributed by atoms with Crippen LogP contribution in [0.4, 0.5) is 5.69 Å². The molecule has 1 aromatic heterocycles. The molecule has 3 rings (SSSR count). The molecule has 0 bridgehead atoms. The van der Waals surface area contributed by atoms with Crippen molar-refractivity contribution in [2.24, 2.45) is 0 Å². The Morgan fingerprint density at radius 1 is 1.10 bits per heavy atom. The number of carbonyl (C=O) groups excluding carboxylic acids is 2. The Kier molecular flexibility index (Phi) is 6.50. The van der Waals surface area contributed by atoms with E-state index in [0.717, 1.165) is 11.8 Å². The standard InChI is InChI=1S/C20H17NO7S/c1-2-26-20(23)19-14(13-7-3-5-9-16(13)28-19)11-27-18(22)12-29-17-10-6-4-8-15(17)21(24)25/h3-10H,2,11-12H2,1H3. The predicted molar refractivity (Wildman–Crippen MR) is 106 cm³/mol. The molecule has 0 aliphatic carbocycles. The molecule has 0 aliphatic rings. The molecule has 0 unspecified atom stereocenters. The number of ether oxygens (including phenoxy) is 2. The first-order valence-electron chi connectivity index (χ1n) is 8.70. The Bertz CT molecular complexity index is 1060. The fourth-order valence-electron chi connectivity index (χ4n) is 2.66. The maximum Gasteiger partial charge on any atom is 0.374 e. The SMILES string of the molecule is CCOC(=O)c1oc2ccccc2c1COC(=O)CSc1ccccc1[N+](=O)[O-]. The van der Waals surface area contributed by atoms with Crippen LogP contribution in [-0.4, -0.2) is 29.2 Å². The van der Waals surface area contributed by atoms with Gasteiger partial charge in [-0.15, -0.1) is 11.8 Å². The second-order valence-corrected chi connectivity index (χ2v) is 6.82. The number of nitrogens with zero attached hydrogens (tertiary/aromatic N) is 1. The molecular weight excluding hydrogens is 398 g/mol. The zero-order valence-electron chi connectivity index (χ0n) is 15.5. The van der Waals surface area contributed by atoms with Gasteiger partial charge in [-0.25, -0.2) is 4.79 Å². The summed E-state index contributed by atoms with van der Waals surface area (Å²) in [4.78, 5) is 35.3. The zero-order valence-corrected chi connectivity index (χ0v) is 16.3. The lowest BCUT2D eigenvalue weighted by Crippen LogP contribution is -2.11. The van der Waals surface area contributed by atoms with E-state index >= 15 is 0 Å². The van der Waals surface area contributed by atoms with Crippen molar-refractivity contribution < 1.29 is 28.4 Å². The highest BCUT2D eigenvalue weighted by atomic mass is 32.2. The second-order valence-electron chi connectivity index (χ2n) is 5.80. The van der Waals surface area contributed by atoms with Crippen molar-refractivity contribution in [2.75, 3.05) is 12.4 Å². The number of nitro benzene ring substituents is 1. The van der Waals surface area contributed by atoms with Crippen LogP contribution in [0.2, 0.25) is 0 Å². The van der Waals surface area contributed by atoms with E-state index in [2.05, 4.69) is 0 Å². The van der Waals surface area contributed by atoms with Crippen LogP contribution in [0, 0.1) is 10.1 Å². The lowest BCUT2D eigenvalue weighted by Gasteiger charge is -2.06. The summed E-state index contributed by atoms with van der Waals surface area (Å²) in [5.74, 6) is -1.33. The molecule has 3 aromatic rings. The summed E-state index contributed by atoms with van der Waals surface area (Å²) in [6.45, 7) is 1.68. The van der Waals surface area contributed by atoms with E-state index < -0.39 is 16.9 Å². The number of hydrogen-bond acceptors (Lipinski definition) is 8. The molecule has 2 aromatic carbocycles. The van der Waals surface area contributed by atoms with E-state index in [4.69, 9.17) is 13.9 Å². The fourth-order valence-corrected chi connectivity index (χ4v) is 3.49. The molecule has 1 heterocycles. The van der Waals surface area contributed by atoms with Crippen LogP contribution in [0.1, 0.15) is 23.0 Å². The van der Waals surface area contributed by atoms with Gasteiger partial charge in [0.25, 0.3) is 5.69 Å². The van der Waals surface area contributed by atoms with Gasteiger partial charge < -0.3 is 13.9 Å². The molecule has 150 valence electrons. The van der Waals surface area contributed by atoms with Gasteiger partial charge in [0, 0.05) is 11.5 Å². The van der Waals surface area contributed by atoms with Gasteiger partial charge in [-0.1, -0.05) is 30.3 Å². The molecule has 9 heteroatoms. The third-order valence-corrected chi connectivity index (χ3v) is 4.98. The smallest absolute Gasteiger partial charge is 0.374 e. The minimum absolute atomic E-state index is 0.00722. The van der Waals surface area contributed by atoms with Crippen LogP contribution < -0.4 is 0 Å². The highest BCUT2D eigenvalue weighted by Crippen LogP contribution is 2.30. The quantitative estimate of drug-likeness (QED) is 0.231. The van der Waals surface area contributed by atoms with Crippen LogP contribution in [0.15, 0.2) is 57.8 Å². The lowest BCUT2D eigenvalue weighted by atomic mass is 10.1. The molecule has 0 saturated heterocycles. The normalized spacial score (nSPS) is 10.7. The summed E-state index contributed by atoms with van der Waals surface area (Å²) in [6.07, 6.45) is 0. The molecular formula is C20H17NO7S. The number of thioether (sulfide) groups is 1. The van der Waals surface area contributed by atoms with Gasteiger partial charge >= 0.3 is 11.9 Å². The third-order valence-electron chi connectivity index (χ3n) is 3.94. The minimum atomic E-state index is -0.635. The second kappa shape index (κ2) is 9.24. The van der Waals surface area contributed by atoms with E-state index in [1.165, 1.54) is 6.07 Å². The number of esters is 2. The molecule has 0 fully saturated rings. The summed E-state index contributed by atoms with van der Waals surface area (Å²) >= 11 is 1.01. The van der Waals surface area contributed by atoms with Crippen LogP contribution in [0.3, 0.4) is 0 Å². The van der Waals surface area contributed by atoms with E-state index in [1.54, 1.807) is 49.4 Å². The molecule has 8 nitrogen and oxygen atoms in total. The number of benzene rings is 2. The van der Waals surface area contributed by atoms with Crippen LogP contribution in [-0.2, 0) is 20.9 Å². The molecule has 0 atom stereocenters. The number of hydrogen-bond donors (Lipinski definition) is 0. The highest BCUT2D eigenvalue weighted by molar-refractivity contribution is 8.00. The van der Waals surface area contributed by atoms with E-state index in [9.17, 15) is 19.7 Å². The Morgan fingerprint density at radius 3 is 2.59 bits per heavy atom. The van der Waals surface area contributed by atoms with Crippen molar-refractivity contribution in [3.63, 3.8) is 0 Å². The molecule has 0 aliphatic heterocycles. The van der Waals surface area contributed by atoms with Crippen LogP contribution >= 0.6 is 11.8 Å². The van der Waals surface area contributed by atoms with Gasteiger partial charge in [0.15, 0.2) is 0 Å². The Hall–Kier alpha value is -3.33. The number of fused-ring (bicyclic) bond motifs is 1. The summed E-state index contributed by atoms with van der Waals surface area (Å²) in [5, 5.41) is 11.7. The molecule has 29 heavy (non-hydrogen) atoms. The molecule has 0 amide bonds. The molecule has 0 spiro atoms. The summed E-state index contributed by atoms with van der Waals surface area (Å²) in [7, 11) is 0. The summed E-state index contributed by atoms with van der Waals surface area (Å²) < 4.78 is 15.9. The van der Waals surface area contributed by atoms with Crippen molar-refractivity contribution in [3.05, 3.63) is 70.0 Å². The first-order valence-corrected chi connectivity index (χ1v) is 9.69. The van der Waals surface area contributed by atoms with Crippen molar-refractivity contribution in [1.82, 2.24) is 0 Å². The first kappa shape index (κ1) is 20.4. The number of nitro groups is 1. The van der Waals surface area contributed by atoms with Crippen molar-refractivity contribution in [1.29, 1.82) is 0 Å². The van der Waals surface area contributed by atoms with E-state index in [0.29, 0.717) is 21.4 Å². The average Bonchev–Trinajstić information content (AvgIpc) is 3.10. The number of furan rings is 1. The van der Waals surface area contributed by atoms with Gasteiger partial charge in [0.2, 0.25) is 5.76 Å². The highest BCUT2D eigenvalue weighted by Gasteiger charge is 2.23. The number of carbonyl (C=O) groups is 2. The maximum absolute atomic E-state index is 12.2. The summed E-state index contributed by atoms with van der Waals surface area (Å²) in [5.41, 5.74) is 0.828. The van der Waals surface area contributed by atoms with Gasteiger partial charge in [-0.05, 0) is 19.1 Å². The Morgan fingerprint density at radius 2 is 1.83 bits per heavy atom. The van der Waals surface area contributed by atoms with Crippen molar-refractivity contribution >= 4 is 40.4 Å². The summed E-state index contributed by atoms with van der Waals surface area (Å²) in [6, 6.07) is 13.2. The monoisotopic (exact) mass is 415 g/mol. The van der Waals surface area contributed by atoms with Gasteiger partial charge in [0.1, 0.15) is 12.2 Å². The Balaban J connectivity index is 1.70.